The number of nitrogens with one attached hydrogen (secondary N) is 3. The highest BCUT2D eigenvalue weighted by Crippen LogP contribution is 2.13. The lowest BCUT2D eigenvalue weighted by Crippen LogP contribution is -2.47. The number of carbonyl (C=O) groups excluding carboxylic acids is 1. The number of hydrogen-bond acceptors (Lipinski definition) is 4. The van der Waals surface area contributed by atoms with E-state index in [1.165, 1.54) is 0 Å². The average molecular weight is 313 g/mol. The van der Waals surface area contributed by atoms with E-state index in [0.717, 1.165) is 24.0 Å². The van der Waals surface area contributed by atoms with Gasteiger partial charge in [-0.05, 0) is 48.0 Å². The molecule has 1 aromatic heterocycles. The van der Waals surface area contributed by atoms with Crippen molar-refractivity contribution in [2.24, 2.45) is 0 Å². The maximum atomic E-state index is 11.8. The van der Waals surface area contributed by atoms with Gasteiger partial charge in [0.15, 0.2) is 0 Å². The molecule has 1 aliphatic heterocycles. The maximum absolute atomic E-state index is 11.8. The first kappa shape index (κ1) is 13.5. The number of anilines is 1. The van der Waals surface area contributed by atoms with Crippen molar-refractivity contribution >= 4 is 27.7 Å². The molecule has 1 aliphatic rings. The number of rotatable bonds is 4. The Bertz CT molecular complexity index is 415. The summed E-state index contributed by atoms with van der Waals surface area (Å²) >= 11 is 3.30. The molecule has 1 atom stereocenters. The van der Waals surface area contributed by atoms with Gasteiger partial charge in [0, 0.05) is 22.8 Å². The van der Waals surface area contributed by atoms with Crippen LogP contribution >= 0.6 is 15.9 Å². The fourth-order valence-electron chi connectivity index (χ4n) is 1.90. The molecule has 2 rings (SSSR count). The first-order valence-electron chi connectivity index (χ1n) is 5.95. The van der Waals surface area contributed by atoms with Gasteiger partial charge < -0.3 is 16.0 Å². The third-order valence-electron chi connectivity index (χ3n) is 3.04. The Labute approximate surface area is 115 Å². The Balaban J connectivity index is 1.80. The van der Waals surface area contributed by atoms with Crippen molar-refractivity contribution in [2.75, 3.05) is 25.0 Å². The van der Waals surface area contributed by atoms with Gasteiger partial charge in [0.25, 0.3) is 0 Å². The lowest BCUT2D eigenvalue weighted by molar-refractivity contribution is -0.115. The molecule has 0 saturated carbocycles. The van der Waals surface area contributed by atoms with E-state index in [-0.39, 0.29) is 11.4 Å². The van der Waals surface area contributed by atoms with Crippen molar-refractivity contribution in [1.82, 2.24) is 15.6 Å². The number of hydrogen-bond donors (Lipinski definition) is 3. The highest BCUT2D eigenvalue weighted by atomic mass is 79.9. The predicted octanol–water partition coefficient (Wildman–Crippen LogP) is 1.12. The number of nitrogens with zero attached hydrogens (tertiary/aromatic N) is 1. The van der Waals surface area contributed by atoms with Crippen molar-refractivity contribution in [3.8, 4) is 0 Å². The number of aromatic nitrogens is 1. The molecule has 0 radical (unpaired) electrons. The fraction of sp³-hybridized carbons (Fsp3) is 0.500. The van der Waals surface area contributed by atoms with E-state index in [9.17, 15) is 4.79 Å². The minimum Gasteiger partial charge on any atom is -0.315 e. The summed E-state index contributed by atoms with van der Waals surface area (Å²) in [4.78, 5) is 15.8. The van der Waals surface area contributed by atoms with Gasteiger partial charge in [-0.15, -0.1) is 0 Å². The second-order valence-electron chi connectivity index (χ2n) is 4.75. The van der Waals surface area contributed by atoms with Gasteiger partial charge in [-0.2, -0.15) is 0 Å². The molecule has 2 heterocycles. The molecule has 6 heteroatoms. The normalized spacial score (nSPS) is 23.0. The Hall–Kier alpha value is -0.980. The minimum absolute atomic E-state index is 0.0183. The van der Waals surface area contributed by atoms with Gasteiger partial charge >= 0.3 is 0 Å². The molecule has 0 spiro atoms. The minimum atomic E-state index is -0.0713. The zero-order valence-corrected chi connectivity index (χ0v) is 11.9. The summed E-state index contributed by atoms with van der Waals surface area (Å²) in [6, 6.07) is 3.61. The smallest absolute Gasteiger partial charge is 0.239 e. The van der Waals surface area contributed by atoms with Crippen LogP contribution in [-0.4, -0.2) is 36.1 Å². The van der Waals surface area contributed by atoms with Crippen molar-refractivity contribution in [3.05, 3.63) is 22.8 Å². The number of carbonyl (C=O) groups is 1. The van der Waals surface area contributed by atoms with Crippen molar-refractivity contribution in [3.63, 3.8) is 0 Å². The van der Waals surface area contributed by atoms with Gasteiger partial charge in [0.1, 0.15) is 5.82 Å². The van der Waals surface area contributed by atoms with Gasteiger partial charge in [-0.1, -0.05) is 0 Å². The van der Waals surface area contributed by atoms with E-state index in [0.29, 0.717) is 12.4 Å². The summed E-state index contributed by atoms with van der Waals surface area (Å²) in [5.41, 5.74) is 0.0183. The average Bonchev–Trinajstić information content (AvgIpc) is 2.78. The van der Waals surface area contributed by atoms with Crippen molar-refractivity contribution in [2.45, 2.75) is 18.9 Å². The van der Waals surface area contributed by atoms with E-state index < -0.39 is 0 Å². The Kier molecular flexibility index (Phi) is 4.31. The quantitative estimate of drug-likeness (QED) is 0.779. The monoisotopic (exact) mass is 312 g/mol. The van der Waals surface area contributed by atoms with Crippen LogP contribution in [-0.2, 0) is 4.79 Å². The van der Waals surface area contributed by atoms with Gasteiger partial charge in [0.05, 0.1) is 6.54 Å². The van der Waals surface area contributed by atoms with E-state index in [2.05, 4.69) is 43.8 Å². The zero-order chi connectivity index (χ0) is 13.0. The van der Waals surface area contributed by atoms with E-state index in [4.69, 9.17) is 0 Å². The standard InChI is InChI=1S/C12H17BrN4O/c1-12(4-5-14-8-12)16-7-11(18)17-10-3-2-9(13)6-15-10/h2-3,6,14,16H,4-5,7-8H2,1H3,(H,15,17,18). The Morgan fingerprint density at radius 2 is 2.44 bits per heavy atom. The summed E-state index contributed by atoms with van der Waals surface area (Å²) in [6.07, 6.45) is 2.70. The SMILES string of the molecule is CC1(NCC(=O)Nc2ccc(Br)cn2)CCNC1. The molecule has 3 N–H and O–H groups in total. The van der Waals surface area contributed by atoms with Gasteiger partial charge in [0.2, 0.25) is 5.91 Å². The predicted molar refractivity (Wildman–Crippen MR) is 74.5 cm³/mol. The molecule has 0 bridgehead atoms. The molecular formula is C12H17BrN4O. The fourth-order valence-corrected chi connectivity index (χ4v) is 2.13. The molecule has 98 valence electrons. The van der Waals surface area contributed by atoms with Crippen molar-refractivity contribution < 1.29 is 4.79 Å². The summed E-state index contributed by atoms with van der Waals surface area (Å²) in [6.45, 7) is 4.32. The zero-order valence-electron chi connectivity index (χ0n) is 10.3. The molecular weight excluding hydrogens is 296 g/mol. The molecule has 0 aromatic carbocycles. The van der Waals surface area contributed by atoms with E-state index in [1.807, 2.05) is 6.07 Å². The van der Waals surface area contributed by atoms with E-state index in [1.54, 1.807) is 12.3 Å². The molecule has 1 aromatic rings. The van der Waals surface area contributed by atoms with Crippen LogP contribution < -0.4 is 16.0 Å². The largest absolute Gasteiger partial charge is 0.315 e. The number of halogens is 1. The maximum Gasteiger partial charge on any atom is 0.239 e. The third-order valence-corrected chi connectivity index (χ3v) is 3.51. The summed E-state index contributed by atoms with van der Waals surface area (Å²) in [5, 5.41) is 9.32. The Morgan fingerprint density at radius 1 is 1.61 bits per heavy atom. The van der Waals surface area contributed by atoms with Crippen LogP contribution in [0.2, 0.25) is 0 Å². The van der Waals surface area contributed by atoms with Gasteiger partial charge in [-0.3, -0.25) is 4.79 Å². The second kappa shape index (κ2) is 5.77. The highest BCUT2D eigenvalue weighted by Gasteiger charge is 2.28. The topological polar surface area (TPSA) is 66.0 Å². The highest BCUT2D eigenvalue weighted by molar-refractivity contribution is 9.10. The van der Waals surface area contributed by atoms with Crippen LogP contribution in [0, 0.1) is 0 Å². The van der Waals surface area contributed by atoms with E-state index >= 15 is 0 Å². The second-order valence-corrected chi connectivity index (χ2v) is 5.67. The van der Waals surface area contributed by atoms with Gasteiger partial charge in [-0.25, -0.2) is 4.98 Å². The molecule has 1 fully saturated rings. The number of pyridine rings is 1. The summed E-state index contributed by atoms with van der Waals surface area (Å²) in [7, 11) is 0. The first-order valence-corrected chi connectivity index (χ1v) is 6.74. The Morgan fingerprint density at radius 3 is 3.06 bits per heavy atom. The summed E-state index contributed by atoms with van der Waals surface area (Å²) in [5.74, 6) is 0.498. The van der Waals surface area contributed by atoms with Crippen LogP contribution in [0.25, 0.3) is 0 Å². The number of amides is 1. The van der Waals surface area contributed by atoms with Crippen LogP contribution in [0.3, 0.4) is 0 Å². The lowest BCUT2D eigenvalue weighted by Gasteiger charge is -2.24. The van der Waals surface area contributed by atoms with Crippen LogP contribution in [0.1, 0.15) is 13.3 Å². The van der Waals surface area contributed by atoms with Crippen molar-refractivity contribution in [1.29, 1.82) is 0 Å². The van der Waals surface area contributed by atoms with Crippen LogP contribution in [0.15, 0.2) is 22.8 Å². The molecule has 18 heavy (non-hydrogen) atoms. The van der Waals surface area contributed by atoms with Crippen LogP contribution in [0.4, 0.5) is 5.82 Å². The first-order chi connectivity index (χ1) is 8.57. The van der Waals surface area contributed by atoms with Crippen LogP contribution in [0.5, 0.6) is 0 Å². The third kappa shape index (κ3) is 3.76. The molecule has 1 saturated heterocycles. The molecule has 1 amide bonds. The molecule has 1 unspecified atom stereocenters. The molecule has 5 nitrogen and oxygen atoms in total. The summed E-state index contributed by atoms with van der Waals surface area (Å²) < 4.78 is 0.892. The molecule has 0 aliphatic carbocycles. The lowest BCUT2D eigenvalue weighted by atomic mass is 10.0.